The number of hydrogen-bond donors (Lipinski definition) is 1. The molecule has 0 spiro atoms. The van der Waals surface area contributed by atoms with Crippen molar-refractivity contribution in [2.45, 2.75) is 38.8 Å². The molecule has 0 unspecified atom stereocenters. The minimum atomic E-state index is -0.362. The van der Waals surface area contributed by atoms with Crippen molar-refractivity contribution < 1.29 is 24.2 Å². The number of nitrogens with zero attached hydrogens (tertiary/aromatic N) is 3. The van der Waals surface area contributed by atoms with Crippen LogP contribution in [0, 0.1) is 11.8 Å². The molecule has 2 aliphatic heterocycles. The first-order valence-corrected chi connectivity index (χ1v) is 12.4. The smallest absolute Gasteiger partial charge is 0.259 e. The first-order chi connectivity index (χ1) is 16.9. The van der Waals surface area contributed by atoms with Gasteiger partial charge in [-0.15, -0.1) is 0 Å². The highest BCUT2D eigenvalue weighted by Gasteiger charge is 2.35. The van der Waals surface area contributed by atoms with Gasteiger partial charge in [-0.25, -0.2) is 4.98 Å². The third kappa shape index (κ3) is 5.65. The summed E-state index contributed by atoms with van der Waals surface area (Å²) in [4.78, 5) is 34.6. The van der Waals surface area contributed by atoms with Gasteiger partial charge in [-0.2, -0.15) is 0 Å². The zero-order chi connectivity index (χ0) is 24.9. The van der Waals surface area contributed by atoms with E-state index in [1.807, 2.05) is 44.2 Å². The van der Waals surface area contributed by atoms with Crippen LogP contribution >= 0.6 is 0 Å². The number of carbonyl (C=O) groups is 2. The van der Waals surface area contributed by atoms with Crippen LogP contribution in [-0.4, -0.2) is 83.8 Å². The van der Waals surface area contributed by atoms with Gasteiger partial charge >= 0.3 is 0 Å². The SMILES string of the molecule is C[C@H]1CN([C@@H](C)CO)C(=O)c2cc(-c3ccccc3)cnc2O[C@@H]1CN(C)C(=O)C1CCOCC1. The first-order valence-electron chi connectivity index (χ1n) is 12.4. The van der Waals surface area contributed by atoms with Gasteiger partial charge in [-0.3, -0.25) is 9.59 Å². The number of likely N-dealkylation sites (N-methyl/N-ethyl adjacent to an activating group) is 1. The van der Waals surface area contributed by atoms with Crippen LogP contribution in [0.15, 0.2) is 42.6 Å². The third-order valence-electron chi connectivity index (χ3n) is 7.03. The fourth-order valence-electron chi connectivity index (χ4n) is 4.72. The average Bonchev–Trinajstić information content (AvgIpc) is 2.90. The standard InChI is InChI=1S/C27H35N3O5/c1-18-15-30(19(2)17-31)27(33)23-13-22(20-7-5-4-6-8-20)14-28-25(23)35-24(18)16-29(3)26(32)21-9-11-34-12-10-21/h4-8,13-14,18-19,21,24,31H,9-12,15-17H2,1-3H3/t18-,19-,24+/m0/s1. The zero-order valence-electron chi connectivity index (χ0n) is 20.7. The van der Waals surface area contributed by atoms with Crippen molar-refractivity contribution in [3.8, 4) is 17.0 Å². The molecule has 3 heterocycles. The quantitative estimate of drug-likeness (QED) is 0.682. The highest BCUT2D eigenvalue weighted by atomic mass is 16.5. The second-order valence-electron chi connectivity index (χ2n) is 9.67. The van der Waals surface area contributed by atoms with Gasteiger partial charge in [-0.05, 0) is 31.4 Å². The second-order valence-corrected chi connectivity index (χ2v) is 9.67. The number of hydrogen-bond acceptors (Lipinski definition) is 6. The van der Waals surface area contributed by atoms with E-state index in [9.17, 15) is 14.7 Å². The Morgan fingerprint density at radius 1 is 1.23 bits per heavy atom. The van der Waals surface area contributed by atoms with E-state index >= 15 is 0 Å². The molecule has 0 bridgehead atoms. The van der Waals surface area contributed by atoms with E-state index in [1.54, 1.807) is 29.1 Å². The lowest BCUT2D eigenvalue weighted by Crippen LogP contribution is -2.51. The highest BCUT2D eigenvalue weighted by Crippen LogP contribution is 2.30. The molecule has 2 amide bonds. The van der Waals surface area contributed by atoms with Gasteiger partial charge in [0.15, 0.2) is 0 Å². The number of rotatable bonds is 6. The van der Waals surface area contributed by atoms with E-state index in [2.05, 4.69) is 4.98 Å². The molecule has 188 valence electrons. The summed E-state index contributed by atoms with van der Waals surface area (Å²) in [6.07, 6.45) is 2.81. The van der Waals surface area contributed by atoms with Gasteiger partial charge in [0.05, 0.1) is 19.2 Å². The maximum Gasteiger partial charge on any atom is 0.259 e. The van der Waals surface area contributed by atoms with E-state index in [-0.39, 0.29) is 48.3 Å². The molecule has 8 nitrogen and oxygen atoms in total. The summed E-state index contributed by atoms with van der Waals surface area (Å²) in [7, 11) is 1.80. The number of pyridine rings is 1. The monoisotopic (exact) mass is 481 g/mol. The van der Waals surface area contributed by atoms with Crippen LogP contribution in [0.5, 0.6) is 5.88 Å². The fraction of sp³-hybridized carbons (Fsp3) is 0.519. The van der Waals surface area contributed by atoms with Gasteiger partial charge in [0.25, 0.3) is 5.91 Å². The Balaban J connectivity index is 1.64. The Kier molecular flexibility index (Phi) is 8.03. The Hall–Kier alpha value is -2.97. The van der Waals surface area contributed by atoms with Crippen LogP contribution in [0.1, 0.15) is 37.0 Å². The Morgan fingerprint density at radius 2 is 1.94 bits per heavy atom. The first kappa shape index (κ1) is 25.1. The van der Waals surface area contributed by atoms with Crippen LogP contribution < -0.4 is 4.74 Å². The average molecular weight is 482 g/mol. The maximum atomic E-state index is 13.6. The fourth-order valence-corrected chi connectivity index (χ4v) is 4.72. The summed E-state index contributed by atoms with van der Waals surface area (Å²) < 4.78 is 11.7. The predicted molar refractivity (Wildman–Crippen MR) is 132 cm³/mol. The molecule has 0 saturated carbocycles. The van der Waals surface area contributed by atoms with E-state index in [4.69, 9.17) is 9.47 Å². The number of carbonyl (C=O) groups excluding carboxylic acids is 2. The molecule has 1 aromatic heterocycles. The van der Waals surface area contributed by atoms with E-state index in [0.717, 1.165) is 24.0 Å². The third-order valence-corrected chi connectivity index (χ3v) is 7.03. The minimum absolute atomic E-state index is 0.0380. The van der Waals surface area contributed by atoms with Crippen molar-refractivity contribution in [3.63, 3.8) is 0 Å². The van der Waals surface area contributed by atoms with E-state index in [0.29, 0.717) is 31.9 Å². The Bertz CT molecular complexity index is 1020. The summed E-state index contributed by atoms with van der Waals surface area (Å²) in [6, 6.07) is 11.2. The molecule has 0 radical (unpaired) electrons. The van der Waals surface area contributed by atoms with Crippen molar-refractivity contribution in [3.05, 3.63) is 48.2 Å². The van der Waals surface area contributed by atoms with Crippen LogP contribution in [0.2, 0.25) is 0 Å². The Labute approximate surface area is 206 Å². The molecule has 2 aromatic rings. The highest BCUT2D eigenvalue weighted by molar-refractivity contribution is 5.98. The number of amides is 2. The normalized spacial score (nSPS) is 21.9. The van der Waals surface area contributed by atoms with Crippen molar-refractivity contribution in [2.75, 3.05) is 40.0 Å². The summed E-state index contributed by atoms with van der Waals surface area (Å²) >= 11 is 0. The summed E-state index contributed by atoms with van der Waals surface area (Å²) in [5, 5.41) is 9.86. The largest absolute Gasteiger partial charge is 0.472 e. The van der Waals surface area contributed by atoms with Gasteiger partial charge in [0, 0.05) is 50.4 Å². The van der Waals surface area contributed by atoms with Crippen LogP contribution in [-0.2, 0) is 9.53 Å². The van der Waals surface area contributed by atoms with Gasteiger partial charge in [0.2, 0.25) is 11.8 Å². The summed E-state index contributed by atoms with van der Waals surface area (Å²) in [6.45, 7) is 5.69. The molecule has 2 aliphatic rings. The van der Waals surface area contributed by atoms with Crippen molar-refractivity contribution >= 4 is 11.8 Å². The van der Waals surface area contributed by atoms with Crippen LogP contribution in [0.25, 0.3) is 11.1 Å². The van der Waals surface area contributed by atoms with Gasteiger partial charge < -0.3 is 24.4 Å². The molecule has 8 heteroatoms. The van der Waals surface area contributed by atoms with Gasteiger partial charge in [0.1, 0.15) is 11.7 Å². The molecule has 1 aromatic carbocycles. The number of aliphatic hydroxyl groups is 1. The molecule has 35 heavy (non-hydrogen) atoms. The molecule has 1 N–H and O–H groups in total. The lowest BCUT2D eigenvalue weighted by molar-refractivity contribution is -0.138. The summed E-state index contributed by atoms with van der Waals surface area (Å²) in [5.41, 5.74) is 2.13. The number of benzene rings is 1. The molecular weight excluding hydrogens is 446 g/mol. The maximum absolute atomic E-state index is 13.6. The van der Waals surface area contributed by atoms with Crippen LogP contribution in [0.4, 0.5) is 0 Å². The molecule has 1 fully saturated rings. The van der Waals surface area contributed by atoms with Crippen molar-refractivity contribution in [1.29, 1.82) is 0 Å². The van der Waals surface area contributed by atoms with Crippen LogP contribution in [0.3, 0.4) is 0 Å². The topological polar surface area (TPSA) is 92.2 Å². The molecule has 1 saturated heterocycles. The molecule has 0 aliphatic carbocycles. The molecule has 4 rings (SSSR count). The summed E-state index contributed by atoms with van der Waals surface area (Å²) in [5.74, 6) is 0.0121. The molecule has 3 atom stereocenters. The van der Waals surface area contributed by atoms with Crippen molar-refractivity contribution in [1.82, 2.24) is 14.8 Å². The zero-order valence-corrected chi connectivity index (χ0v) is 20.7. The van der Waals surface area contributed by atoms with E-state index in [1.165, 1.54) is 0 Å². The molecular formula is C27H35N3O5. The number of fused-ring (bicyclic) bond motifs is 1. The number of ether oxygens (including phenoxy) is 2. The second kappa shape index (κ2) is 11.2. The lowest BCUT2D eigenvalue weighted by atomic mass is 9.97. The van der Waals surface area contributed by atoms with Gasteiger partial charge in [-0.1, -0.05) is 37.3 Å². The number of aliphatic hydroxyl groups excluding tert-OH is 1. The lowest BCUT2D eigenvalue weighted by Gasteiger charge is -2.38. The van der Waals surface area contributed by atoms with E-state index < -0.39 is 0 Å². The number of aromatic nitrogens is 1. The minimum Gasteiger partial charge on any atom is -0.472 e. The van der Waals surface area contributed by atoms with Crippen molar-refractivity contribution in [2.24, 2.45) is 11.8 Å². The predicted octanol–water partition coefficient (Wildman–Crippen LogP) is 2.85. The Morgan fingerprint density at radius 3 is 2.63 bits per heavy atom.